The molecule has 0 heterocycles. The molecule has 0 aliphatic carbocycles. The van der Waals surface area contributed by atoms with E-state index in [1.807, 2.05) is 0 Å². The highest BCUT2D eigenvalue weighted by molar-refractivity contribution is 9.10. The largest absolute Gasteiger partial charge is 0.504 e. The predicted octanol–water partition coefficient (Wildman–Crippen LogP) is 2.04. The van der Waals surface area contributed by atoms with Crippen molar-refractivity contribution in [3.05, 3.63) is 29.1 Å². The Bertz CT molecular complexity index is 235. The molecule has 53 valence electrons. The lowest BCUT2D eigenvalue weighted by molar-refractivity contribution is 0.401. The van der Waals surface area contributed by atoms with Crippen LogP contribution in [-0.4, -0.2) is 10.2 Å². The van der Waals surface area contributed by atoms with Crippen LogP contribution in [0.25, 0.3) is 0 Å². The van der Waals surface area contributed by atoms with Crippen molar-refractivity contribution in [2.45, 2.75) is 0 Å². The van der Waals surface area contributed by atoms with Crippen molar-refractivity contribution in [3.63, 3.8) is 0 Å². The zero-order valence-electron chi connectivity index (χ0n) is 5.13. The molecule has 1 aromatic rings. The van der Waals surface area contributed by atoms with Crippen molar-refractivity contribution in [1.29, 1.82) is 0 Å². The second kappa shape index (κ2) is 2.50. The average molecular weight is 202 g/mol. The number of hydrogen-bond acceptors (Lipinski definition) is 2. The molecule has 0 aliphatic rings. The Morgan fingerprint density at radius 2 is 1.90 bits per heavy atom. The van der Waals surface area contributed by atoms with E-state index in [2.05, 4.69) is 22.9 Å². The molecule has 0 unspecified atom stereocenters. The molecule has 0 atom stereocenters. The Morgan fingerprint density at radius 3 is 2.40 bits per heavy atom. The minimum atomic E-state index is -0.153. The van der Waals surface area contributed by atoms with Crippen LogP contribution in [0.15, 0.2) is 16.6 Å². The van der Waals surface area contributed by atoms with E-state index in [-0.39, 0.29) is 11.5 Å². The topological polar surface area (TPSA) is 40.5 Å². The average Bonchev–Trinajstić information content (AvgIpc) is 1.82. The second-order valence-corrected chi connectivity index (χ2v) is 2.80. The monoisotopic (exact) mass is 201 g/mol. The van der Waals surface area contributed by atoms with Crippen molar-refractivity contribution >= 4 is 15.9 Å². The highest BCUT2D eigenvalue weighted by Crippen LogP contribution is 2.33. The third-order valence-corrected chi connectivity index (χ3v) is 1.71. The van der Waals surface area contributed by atoms with Gasteiger partial charge in [0.05, 0.1) is 4.47 Å². The SMILES string of the molecule is [CH2]c1cc(O)c(O)c(Br)c1. The smallest absolute Gasteiger partial charge is 0.171 e. The summed E-state index contributed by atoms with van der Waals surface area (Å²) in [7, 11) is 0. The summed E-state index contributed by atoms with van der Waals surface area (Å²) < 4.78 is 0.456. The van der Waals surface area contributed by atoms with Gasteiger partial charge in [0, 0.05) is 0 Å². The Balaban J connectivity index is 3.31. The first-order valence-electron chi connectivity index (χ1n) is 2.64. The molecule has 1 rings (SSSR count). The van der Waals surface area contributed by atoms with E-state index in [4.69, 9.17) is 10.2 Å². The minimum absolute atomic E-state index is 0.146. The fraction of sp³-hybridized carbons (Fsp3) is 0. The second-order valence-electron chi connectivity index (χ2n) is 1.95. The summed E-state index contributed by atoms with van der Waals surface area (Å²) in [4.78, 5) is 0. The number of benzene rings is 1. The summed E-state index contributed by atoms with van der Waals surface area (Å²) in [5, 5.41) is 18.0. The van der Waals surface area contributed by atoms with Crippen molar-refractivity contribution in [3.8, 4) is 11.5 Å². The standard InChI is InChI=1S/C7H6BrO2/c1-4-2-5(8)7(10)6(9)3-4/h2-3,9-10H,1H2. The van der Waals surface area contributed by atoms with Crippen molar-refractivity contribution < 1.29 is 10.2 Å². The van der Waals surface area contributed by atoms with Gasteiger partial charge in [0.15, 0.2) is 11.5 Å². The fourth-order valence-electron chi connectivity index (χ4n) is 0.639. The summed E-state index contributed by atoms with van der Waals surface area (Å²) in [6.45, 7) is 3.58. The summed E-state index contributed by atoms with van der Waals surface area (Å²) >= 11 is 3.05. The quantitative estimate of drug-likeness (QED) is 0.632. The van der Waals surface area contributed by atoms with Gasteiger partial charge in [0.1, 0.15) is 0 Å². The van der Waals surface area contributed by atoms with E-state index in [0.717, 1.165) is 0 Å². The van der Waals surface area contributed by atoms with Gasteiger partial charge in [-0.15, -0.1) is 0 Å². The van der Waals surface area contributed by atoms with Crippen molar-refractivity contribution in [2.24, 2.45) is 0 Å². The molecule has 0 saturated heterocycles. The Hall–Kier alpha value is -0.700. The molecule has 1 aromatic carbocycles. The molecule has 0 spiro atoms. The number of aromatic hydroxyl groups is 2. The Morgan fingerprint density at radius 1 is 1.30 bits per heavy atom. The van der Waals surface area contributed by atoms with Gasteiger partial charge in [0.2, 0.25) is 0 Å². The number of halogens is 1. The first-order chi connectivity index (χ1) is 4.61. The van der Waals surface area contributed by atoms with E-state index < -0.39 is 0 Å². The Kier molecular flexibility index (Phi) is 1.85. The zero-order valence-corrected chi connectivity index (χ0v) is 6.72. The van der Waals surface area contributed by atoms with Crippen LogP contribution in [0.3, 0.4) is 0 Å². The molecule has 0 bridgehead atoms. The lowest BCUT2D eigenvalue weighted by Gasteiger charge is -2.00. The van der Waals surface area contributed by atoms with Crippen LogP contribution in [0, 0.1) is 6.92 Å². The van der Waals surface area contributed by atoms with Crippen LogP contribution in [-0.2, 0) is 0 Å². The number of phenols is 2. The van der Waals surface area contributed by atoms with Gasteiger partial charge in [-0.1, -0.05) is 0 Å². The van der Waals surface area contributed by atoms with E-state index in [9.17, 15) is 0 Å². The highest BCUT2D eigenvalue weighted by atomic mass is 79.9. The third kappa shape index (κ3) is 1.24. The lowest BCUT2D eigenvalue weighted by atomic mass is 10.2. The van der Waals surface area contributed by atoms with Crippen LogP contribution < -0.4 is 0 Å². The summed E-state index contributed by atoms with van der Waals surface area (Å²) in [6, 6.07) is 3.01. The van der Waals surface area contributed by atoms with Crippen LogP contribution in [0.4, 0.5) is 0 Å². The first-order valence-corrected chi connectivity index (χ1v) is 3.44. The van der Waals surface area contributed by atoms with Gasteiger partial charge >= 0.3 is 0 Å². The fourth-order valence-corrected chi connectivity index (χ4v) is 1.14. The molecule has 1 radical (unpaired) electrons. The summed E-state index contributed by atoms with van der Waals surface area (Å²) in [5.41, 5.74) is 0.655. The van der Waals surface area contributed by atoms with Crippen molar-refractivity contribution in [2.75, 3.05) is 0 Å². The van der Waals surface area contributed by atoms with Gasteiger partial charge in [-0.25, -0.2) is 0 Å². The first kappa shape index (κ1) is 7.41. The number of phenolic OH excluding ortho intramolecular Hbond substituents is 2. The summed E-state index contributed by atoms with van der Waals surface area (Å²) in [5.74, 6) is -0.299. The zero-order chi connectivity index (χ0) is 7.72. The molecule has 2 nitrogen and oxygen atoms in total. The molecular weight excluding hydrogens is 196 g/mol. The molecule has 2 N–H and O–H groups in total. The number of hydrogen-bond donors (Lipinski definition) is 2. The molecule has 0 amide bonds. The highest BCUT2D eigenvalue weighted by Gasteiger charge is 2.03. The predicted molar refractivity (Wildman–Crippen MR) is 41.9 cm³/mol. The molecule has 3 heteroatoms. The molecular formula is C7H6BrO2. The van der Waals surface area contributed by atoms with E-state index in [0.29, 0.717) is 10.0 Å². The van der Waals surface area contributed by atoms with Crippen LogP contribution >= 0.6 is 15.9 Å². The third-order valence-electron chi connectivity index (χ3n) is 1.10. The normalized spacial score (nSPS) is 9.80. The minimum Gasteiger partial charge on any atom is -0.504 e. The number of rotatable bonds is 0. The maximum absolute atomic E-state index is 9.01. The van der Waals surface area contributed by atoms with E-state index >= 15 is 0 Å². The van der Waals surface area contributed by atoms with Crippen LogP contribution in [0.1, 0.15) is 5.56 Å². The van der Waals surface area contributed by atoms with E-state index in [1.165, 1.54) is 6.07 Å². The van der Waals surface area contributed by atoms with Gasteiger partial charge in [0.25, 0.3) is 0 Å². The molecule has 0 fully saturated rings. The van der Waals surface area contributed by atoms with Gasteiger partial charge < -0.3 is 10.2 Å². The maximum atomic E-state index is 9.01. The van der Waals surface area contributed by atoms with Gasteiger partial charge in [-0.05, 0) is 40.5 Å². The lowest BCUT2D eigenvalue weighted by Crippen LogP contribution is -1.74. The van der Waals surface area contributed by atoms with Crippen LogP contribution in [0.5, 0.6) is 11.5 Å². The molecule has 0 aromatic heterocycles. The molecule has 0 aliphatic heterocycles. The van der Waals surface area contributed by atoms with Gasteiger partial charge in [-0.2, -0.15) is 0 Å². The van der Waals surface area contributed by atoms with Crippen LogP contribution in [0.2, 0.25) is 0 Å². The van der Waals surface area contributed by atoms with Crippen molar-refractivity contribution in [1.82, 2.24) is 0 Å². The summed E-state index contributed by atoms with van der Waals surface area (Å²) in [6.07, 6.45) is 0. The molecule has 10 heavy (non-hydrogen) atoms. The van der Waals surface area contributed by atoms with Gasteiger partial charge in [-0.3, -0.25) is 0 Å². The van der Waals surface area contributed by atoms with E-state index in [1.54, 1.807) is 6.07 Å². The maximum Gasteiger partial charge on any atom is 0.171 e. The Labute approximate surface area is 67.3 Å². The molecule has 0 saturated carbocycles.